The molecule has 4 nitrogen and oxygen atoms in total. The van der Waals surface area contributed by atoms with E-state index < -0.39 is 0 Å². The van der Waals surface area contributed by atoms with Crippen LogP contribution in [-0.2, 0) is 4.74 Å². The minimum absolute atomic E-state index is 0.359. The van der Waals surface area contributed by atoms with Gasteiger partial charge in [0.2, 0.25) is 0 Å². The standard InChI is InChI=1S/C11H10N2O2/c1-15-11(14)9-5-3-2-4-8(9)10-12-6-7-13-10/h2-7H,1H3,(H,12,13). The number of esters is 1. The topological polar surface area (TPSA) is 55.0 Å². The molecule has 0 saturated heterocycles. The van der Waals surface area contributed by atoms with Crippen LogP contribution in [0.2, 0.25) is 0 Å². The van der Waals surface area contributed by atoms with Gasteiger partial charge in [-0.25, -0.2) is 9.78 Å². The van der Waals surface area contributed by atoms with Gasteiger partial charge >= 0.3 is 5.97 Å². The number of ether oxygens (including phenoxy) is 1. The fourth-order valence-corrected chi connectivity index (χ4v) is 1.39. The Morgan fingerprint density at radius 3 is 2.87 bits per heavy atom. The second kappa shape index (κ2) is 3.96. The monoisotopic (exact) mass is 202 g/mol. The van der Waals surface area contributed by atoms with Crippen molar-refractivity contribution in [2.75, 3.05) is 7.11 Å². The third kappa shape index (κ3) is 1.74. The molecule has 0 amide bonds. The lowest BCUT2D eigenvalue weighted by Gasteiger charge is -2.04. The molecule has 1 heterocycles. The predicted octanol–water partition coefficient (Wildman–Crippen LogP) is 1.86. The molecule has 2 aromatic rings. The van der Waals surface area contributed by atoms with Crippen molar-refractivity contribution < 1.29 is 9.53 Å². The van der Waals surface area contributed by atoms with Gasteiger partial charge in [-0.1, -0.05) is 18.2 Å². The minimum atomic E-state index is -0.359. The van der Waals surface area contributed by atoms with Gasteiger partial charge in [0.1, 0.15) is 5.82 Å². The van der Waals surface area contributed by atoms with Gasteiger partial charge in [-0.3, -0.25) is 0 Å². The summed E-state index contributed by atoms with van der Waals surface area (Å²) in [6.45, 7) is 0. The second-order valence-corrected chi connectivity index (χ2v) is 2.97. The molecular formula is C11H10N2O2. The van der Waals surface area contributed by atoms with Gasteiger partial charge < -0.3 is 9.72 Å². The zero-order valence-electron chi connectivity index (χ0n) is 8.23. The molecule has 0 unspecified atom stereocenters. The summed E-state index contributed by atoms with van der Waals surface area (Å²) in [5.41, 5.74) is 1.25. The largest absolute Gasteiger partial charge is 0.465 e. The number of nitrogens with one attached hydrogen (secondary N) is 1. The zero-order valence-corrected chi connectivity index (χ0v) is 8.23. The van der Waals surface area contributed by atoms with E-state index in [2.05, 4.69) is 9.97 Å². The van der Waals surface area contributed by atoms with Crippen LogP contribution in [0.3, 0.4) is 0 Å². The van der Waals surface area contributed by atoms with Gasteiger partial charge in [-0.2, -0.15) is 0 Å². The molecule has 76 valence electrons. The van der Waals surface area contributed by atoms with E-state index in [9.17, 15) is 4.79 Å². The molecule has 0 saturated carbocycles. The van der Waals surface area contributed by atoms with Crippen molar-refractivity contribution in [2.24, 2.45) is 0 Å². The SMILES string of the molecule is COC(=O)c1ccccc1-c1ncc[nH]1. The Morgan fingerprint density at radius 2 is 2.20 bits per heavy atom. The highest BCUT2D eigenvalue weighted by Crippen LogP contribution is 2.20. The maximum absolute atomic E-state index is 11.5. The molecule has 1 N–H and O–H groups in total. The van der Waals surface area contributed by atoms with E-state index in [0.717, 1.165) is 5.56 Å². The van der Waals surface area contributed by atoms with E-state index >= 15 is 0 Å². The Labute approximate surface area is 86.9 Å². The van der Waals surface area contributed by atoms with Crippen LogP contribution < -0.4 is 0 Å². The molecule has 0 fully saturated rings. The van der Waals surface area contributed by atoms with Crippen LogP contribution in [-0.4, -0.2) is 23.0 Å². The average Bonchev–Trinajstić information content (AvgIpc) is 2.81. The van der Waals surface area contributed by atoms with E-state index in [0.29, 0.717) is 11.4 Å². The fraction of sp³-hybridized carbons (Fsp3) is 0.0909. The third-order valence-electron chi connectivity index (χ3n) is 2.09. The molecular weight excluding hydrogens is 192 g/mol. The number of carbonyl (C=O) groups is 1. The number of H-pyrrole nitrogens is 1. The highest BCUT2D eigenvalue weighted by molar-refractivity contribution is 5.96. The molecule has 2 rings (SSSR count). The van der Waals surface area contributed by atoms with Crippen LogP contribution in [0.5, 0.6) is 0 Å². The Morgan fingerprint density at radius 1 is 1.40 bits per heavy atom. The number of rotatable bonds is 2. The summed E-state index contributed by atoms with van der Waals surface area (Å²) in [6.07, 6.45) is 3.35. The molecule has 0 atom stereocenters. The highest BCUT2D eigenvalue weighted by Gasteiger charge is 2.13. The number of hydrogen-bond acceptors (Lipinski definition) is 3. The molecule has 1 aromatic carbocycles. The first-order valence-electron chi connectivity index (χ1n) is 4.50. The Kier molecular flexibility index (Phi) is 2.49. The smallest absolute Gasteiger partial charge is 0.338 e. The quantitative estimate of drug-likeness (QED) is 0.756. The molecule has 15 heavy (non-hydrogen) atoms. The van der Waals surface area contributed by atoms with Crippen LogP contribution in [0, 0.1) is 0 Å². The summed E-state index contributed by atoms with van der Waals surface area (Å²) >= 11 is 0. The molecule has 1 aromatic heterocycles. The lowest BCUT2D eigenvalue weighted by molar-refractivity contribution is 0.0601. The maximum atomic E-state index is 11.5. The van der Waals surface area contributed by atoms with Gasteiger partial charge in [0.15, 0.2) is 0 Å². The lowest BCUT2D eigenvalue weighted by Crippen LogP contribution is -2.03. The number of imidazole rings is 1. The predicted molar refractivity (Wildman–Crippen MR) is 55.4 cm³/mol. The first-order chi connectivity index (χ1) is 7.33. The van der Waals surface area contributed by atoms with Crippen LogP contribution >= 0.6 is 0 Å². The Hall–Kier alpha value is -2.10. The number of carbonyl (C=O) groups excluding carboxylic acids is 1. The van der Waals surface area contributed by atoms with Crippen LogP contribution in [0.25, 0.3) is 11.4 Å². The summed E-state index contributed by atoms with van der Waals surface area (Å²) in [5.74, 6) is 0.304. The van der Waals surface area contributed by atoms with Gasteiger partial charge in [0.25, 0.3) is 0 Å². The van der Waals surface area contributed by atoms with E-state index in [-0.39, 0.29) is 5.97 Å². The summed E-state index contributed by atoms with van der Waals surface area (Å²) in [4.78, 5) is 18.5. The molecule has 0 aliphatic heterocycles. The van der Waals surface area contributed by atoms with Crippen molar-refractivity contribution in [1.29, 1.82) is 0 Å². The average molecular weight is 202 g/mol. The Balaban J connectivity index is 2.52. The molecule has 0 spiro atoms. The summed E-state index contributed by atoms with van der Waals surface area (Å²) < 4.78 is 4.69. The van der Waals surface area contributed by atoms with Crippen molar-refractivity contribution in [2.45, 2.75) is 0 Å². The van der Waals surface area contributed by atoms with Gasteiger partial charge in [0, 0.05) is 18.0 Å². The number of benzene rings is 1. The highest BCUT2D eigenvalue weighted by atomic mass is 16.5. The van der Waals surface area contributed by atoms with Crippen molar-refractivity contribution in [1.82, 2.24) is 9.97 Å². The maximum Gasteiger partial charge on any atom is 0.338 e. The molecule has 0 aliphatic rings. The number of aromatic nitrogens is 2. The number of methoxy groups -OCH3 is 1. The second-order valence-electron chi connectivity index (χ2n) is 2.97. The van der Waals surface area contributed by atoms with E-state index in [4.69, 9.17) is 4.74 Å². The summed E-state index contributed by atoms with van der Waals surface area (Å²) in [6, 6.07) is 7.18. The first-order valence-corrected chi connectivity index (χ1v) is 4.50. The van der Waals surface area contributed by atoms with Gasteiger partial charge in [-0.15, -0.1) is 0 Å². The van der Waals surface area contributed by atoms with Crippen LogP contribution in [0.15, 0.2) is 36.7 Å². The molecule has 4 heteroatoms. The van der Waals surface area contributed by atoms with E-state index in [1.807, 2.05) is 12.1 Å². The molecule has 0 bridgehead atoms. The third-order valence-corrected chi connectivity index (χ3v) is 2.09. The summed E-state index contributed by atoms with van der Waals surface area (Å²) in [5, 5.41) is 0. The lowest BCUT2D eigenvalue weighted by atomic mass is 10.1. The molecule has 0 aliphatic carbocycles. The Bertz CT molecular complexity index is 463. The van der Waals surface area contributed by atoms with Crippen molar-refractivity contribution in [3.63, 3.8) is 0 Å². The normalized spacial score (nSPS) is 9.93. The van der Waals surface area contributed by atoms with Crippen LogP contribution in [0.1, 0.15) is 10.4 Å². The number of hydrogen-bond donors (Lipinski definition) is 1. The first kappa shape index (κ1) is 9.45. The van der Waals surface area contributed by atoms with Crippen molar-refractivity contribution >= 4 is 5.97 Å². The number of aromatic amines is 1. The summed E-state index contributed by atoms with van der Waals surface area (Å²) in [7, 11) is 1.36. The zero-order chi connectivity index (χ0) is 10.7. The van der Waals surface area contributed by atoms with Crippen LogP contribution in [0.4, 0.5) is 0 Å². The van der Waals surface area contributed by atoms with Gasteiger partial charge in [-0.05, 0) is 6.07 Å². The van der Waals surface area contributed by atoms with Crippen molar-refractivity contribution in [3.05, 3.63) is 42.2 Å². The molecule has 0 radical (unpaired) electrons. The van der Waals surface area contributed by atoms with Gasteiger partial charge in [0.05, 0.1) is 12.7 Å². The minimum Gasteiger partial charge on any atom is -0.465 e. The van der Waals surface area contributed by atoms with E-state index in [1.165, 1.54) is 7.11 Å². The fourth-order valence-electron chi connectivity index (χ4n) is 1.39. The van der Waals surface area contributed by atoms with Crippen molar-refractivity contribution in [3.8, 4) is 11.4 Å². The van der Waals surface area contributed by atoms with E-state index in [1.54, 1.807) is 24.5 Å². The number of nitrogens with zero attached hydrogens (tertiary/aromatic N) is 1.